The van der Waals surface area contributed by atoms with Crippen molar-refractivity contribution in [3.63, 3.8) is 0 Å². The van der Waals surface area contributed by atoms with Crippen molar-refractivity contribution >= 4 is 11.6 Å². The van der Waals surface area contributed by atoms with Crippen LogP contribution in [0.4, 0.5) is 5.69 Å². The fraction of sp³-hybridized carbons (Fsp3) is 0.458. The summed E-state index contributed by atoms with van der Waals surface area (Å²) in [6, 6.07) is 15.1. The Morgan fingerprint density at radius 3 is 2.39 bits per heavy atom. The zero-order valence-corrected chi connectivity index (χ0v) is 17.7. The number of quaternary nitrogens is 1. The van der Waals surface area contributed by atoms with Crippen LogP contribution >= 0.6 is 0 Å². The highest BCUT2D eigenvalue weighted by atomic mass is 16.2. The van der Waals surface area contributed by atoms with E-state index < -0.39 is 0 Å². The number of hydrogen-bond donors (Lipinski definition) is 2. The molecule has 0 aromatic heterocycles. The van der Waals surface area contributed by atoms with Gasteiger partial charge in [0.2, 0.25) is 0 Å². The fourth-order valence-electron chi connectivity index (χ4n) is 4.01. The summed E-state index contributed by atoms with van der Waals surface area (Å²) in [7, 11) is 0. The molecule has 2 aromatic carbocycles. The van der Waals surface area contributed by atoms with Gasteiger partial charge in [-0.25, -0.2) is 0 Å². The van der Waals surface area contributed by atoms with Crippen LogP contribution < -0.4 is 15.1 Å². The fourth-order valence-corrected chi connectivity index (χ4v) is 4.01. The lowest BCUT2D eigenvalue weighted by atomic mass is 10.0. The highest BCUT2D eigenvalue weighted by molar-refractivity contribution is 5.77. The molecular formula is C24H34N3O+. The summed E-state index contributed by atoms with van der Waals surface area (Å²) in [6.45, 7) is 13.2. The van der Waals surface area contributed by atoms with Gasteiger partial charge >= 0.3 is 0 Å². The normalized spacial score (nSPS) is 16.1. The molecule has 3 rings (SSSR count). The third-order valence-corrected chi connectivity index (χ3v) is 6.02. The van der Waals surface area contributed by atoms with Crippen LogP contribution in [-0.4, -0.2) is 38.6 Å². The van der Waals surface area contributed by atoms with E-state index in [0.29, 0.717) is 6.54 Å². The highest BCUT2D eigenvalue weighted by Gasteiger charge is 2.24. The molecule has 1 fully saturated rings. The topological polar surface area (TPSA) is 36.8 Å². The van der Waals surface area contributed by atoms with E-state index in [2.05, 4.69) is 80.4 Å². The van der Waals surface area contributed by atoms with Crippen molar-refractivity contribution in [2.24, 2.45) is 0 Å². The van der Waals surface area contributed by atoms with E-state index in [4.69, 9.17) is 0 Å². The molecule has 1 aliphatic rings. The molecule has 4 heteroatoms. The molecule has 2 N–H and O–H groups in total. The van der Waals surface area contributed by atoms with Crippen molar-refractivity contribution in [1.29, 1.82) is 0 Å². The summed E-state index contributed by atoms with van der Waals surface area (Å²) in [5.41, 5.74) is 6.49. The summed E-state index contributed by atoms with van der Waals surface area (Å²) in [6.07, 6.45) is 0.907. The second kappa shape index (κ2) is 9.24. The Morgan fingerprint density at radius 1 is 1.07 bits per heavy atom. The molecular weight excluding hydrogens is 346 g/mol. The second-order valence-corrected chi connectivity index (χ2v) is 8.07. The average molecular weight is 381 g/mol. The summed E-state index contributed by atoms with van der Waals surface area (Å²) in [4.78, 5) is 16.5. The van der Waals surface area contributed by atoms with E-state index in [-0.39, 0.29) is 11.9 Å². The molecule has 1 heterocycles. The van der Waals surface area contributed by atoms with Crippen LogP contribution in [0.2, 0.25) is 0 Å². The zero-order valence-electron chi connectivity index (χ0n) is 17.7. The van der Waals surface area contributed by atoms with Crippen molar-refractivity contribution in [1.82, 2.24) is 5.32 Å². The van der Waals surface area contributed by atoms with Crippen molar-refractivity contribution in [3.8, 4) is 0 Å². The molecule has 0 radical (unpaired) electrons. The summed E-state index contributed by atoms with van der Waals surface area (Å²) >= 11 is 0. The van der Waals surface area contributed by atoms with Crippen LogP contribution in [0, 0.1) is 20.8 Å². The number of carbonyl (C=O) groups excluding carboxylic acids is 1. The van der Waals surface area contributed by atoms with E-state index in [1.165, 1.54) is 32.8 Å². The molecule has 28 heavy (non-hydrogen) atoms. The van der Waals surface area contributed by atoms with E-state index in [0.717, 1.165) is 32.6 Å². The van der Waals surface area contributed by atoms with E-state index in [1.807, 2.05) is 0 Å². The zero-order chi connectivity index (χ0) is 20.1. The van der Waals surface area contributed by atoms with Gasteiger partial charge in [0.25, 0.3) is 5.91 Å². The predicted octanol–water partition coefficient (Wildman–Crippen LogP) is 2.58. The first-order valence-corrected chi connectivity index (χ1v) is 10.5. The minimum absolute atomic E-state index is 0.101. The number of anilines is 1. The van der Waals surface area contributed by atoms with Crippen molar-refractivity contribution in [2.45, 2.75) is 40.2 Å². The van der Waals surface area contributed by atoms with E-state index >= 15 is 0 Å². The lowest BCUT2D eigenvalue weighted by Crippen LogP contribution is -3.16. The monoisotopic (exact) mass is 380 g/mol. The van der Waals surface area contributed by atoms with Crippen LogP contribution in [-0.2, 0) is 4.79 Å². The minimum Gasteiger partial charge on any atom is -0.360 e. The number of rotatable bonds is 6. The van der Waals surface area contributed by atoms with Crippen LogP contribution in [0.25, 0.3) is 0 Å². The maximum absolute atomic E-state index is 12.6. The lowest BCUT2D eigenvalue weighted by molar-refractivity contribution is -0.892. The standard InChI is InChI=1S/C24H33N3O/c1-5-22(21-11-9-18(2)10-12-21)25-24(28)17-26-13-15-27(16-14-26)23-8-6-7-19(3)20(23)4/h6-12,22H,5,13-17H2,1-4H3,(H,25,28)/p+1/t22-/m1/s1. The van der Waals surface area contributed by atoms with Gasteiger partial charge < -0.3 is 15.1 Å². The van der Waals surface area contributed by atoms with Gasteiger partial charge in [0, 0.05) is 5.69 Å². The predicted molar refractivity (Wildman–Crippen MR) is 116 cm³/mol. The molecule has 0 aliphatic carbocycles. The van der Waals surface area contributed by atoms with Crippen molar-refractivity contribution in [2.75, 3.05) is 37.6 Å². The quantitative estimate of drug-likeness (QED) is 0.808. The van der Waals surface area contributed by atoms with Gasteiger partial charge in [-0.3, -0.25) is 4.79 Å². The van der Waals surface area contributed by atoms with Gasteiger partial charge in [-0.2, -0.15) is 0 Å². The molecule has 1 atom stereocenters. The Balaban J connectivity index is 1.52. The van der Waals surface area contributed by atoms with Gasteiger partial charge in [0.1, 0.15) is 0 Å². The minimum atomic E-state index is 0.101. The molecule has 1 saturated heterocycles. The van der Waals surface area contributed by atoms with Gasteiger partial charge in [0.15, 0.2) is 6.54 Å². The molecule has 4 nitrogen and oxygen atoms in total. The average Bonchev–Trinajstić information content (AvgIpc) is 2.70. The second-order valence-electron chi connectivity index (χ2n) is 8.07. The number of piperazine rings is 1. The van der Waals surface area contributed by atoms with Crippen molar-refractivity contribution in [3.05, 3.63) is 64.7 Å². The molecule has 0 saturated carbocycles. The maximum atomic E-state index is 12.6. The molecule has 1 amide bonds. The Labute approximate surface area is 169 Å². The number of carbonyl (C=O) groups is 1. The first kappa shape index (κ1) is 20.4. The third-order valence-electron chi connectivity index (χ3n) is 6.02. The van der Waals surface area contributed by atoms with Gasteiger partial charge in [-0.05, 0) is 49.9 Å². The highest BCUT2D eigenvalue weighted by Crippen LogP contribution is 2.22. The number of amides is 1. The molecule has 150 valence electrons. The molecule has 0 bridgehead atoms. The van der Waals surface area contributed by atoms with Gasteiger partial charge in [-0.1, -0.05) is 48.9 Å². The van der Waals surface area contributed by atoms with E-state index in [9.17, 15) is 4.79 Å². The molecule has 0 spiro atoms. The summed E-state index contributed by atoms with van der Waals surface area (Å²) in [5, 5.41) is 3.24. The summed E-state index contributed by atoms with van der Waals surface area (Å²) in [5.74, 6) is 0.155. The van der Waals surface area contributed by atoms with Crippen LogP contribution in [0.3, 0.4) is 0 Å². The molecule has 2 aromatic rings. The number of hydrogen-bond acceptors (Lipinski definition) is 2. The van der Waals surface area contributed by atoms with Gasteiger partial charge in [-0.15, -0.1) is 0 Å². The molecule has 1 aliphatic heterocycles. The van der Waals surface area contributed by atoms with Crippen LogP contribution in [0.1, 0.15) is 41.6 Å². The lowest BCUT2D eigenvalue weighted by Gasteiger charge is -2.34. The van der Waals surface area contributed by atoms with Crippen LogP contribution in [0.5, 0.6) is 0 Å². The Hall–Kier alpha value is -2.33. The summed E-state index contributed by atoms with van der Waals surface area (Å²) < 4.78 is 0. The first-order chi connectivity index (χ1) is 13.5. The number of nitrogens with zero attached hydrogens (tertiary/aromatic N) is 1. The Kier molecular flexibility index (Phi) is 6.74. The van der Waals surface area contributed by atoms with Crippen molar-refractivity contribution < 1.29 is 9.69 Å². The Bertz CT molecular complexity index is 792. The number of benzene rings is 2. The van der Waals surface area contributed by atoms with Crippen LogP contribution in [0.15, 0.2) is 42.5 Å². The maximum Gasteiger partial charge on any atom is 0.275 e. The smallest absolute Gasteiger partial charge is 0.275 e. The largest absolute Gasteiger partial charge is 0.360 e. The SMILES string of the molecule is CC[C@@H](NC(=O)C[NH+]1CCN(c2cccc(C)c2C)CC1)c1ccc(C)cc1. The third kappa shape index (κ3) is 4.93. The Morgan fingerprint density at radius 2 is 1.75 bits per heavy atom. The molecule has 0 unspecified atom stereocenters. The number of aryl methyl sites for hydroxylation is 2. The van der Waals surface area contributed by atoms with Gasteiger partial charge in [0.05, 0.1) is 32.2 Å². The van der Waals surface area contributed by atoms with E-state index in [1.54, 1.807) is 0 Å². The first-order valence-electron chi connectivity index (χ1n) is 10.5. The number of nitrogens with one attached hydrogen (secondary N) is 2.